The van der Waals surface area contributed by atoms with Gasteiger partial charge >= 0.3 is 5.97 Å². The van der Waals surface area contributed by atoms with E-state index in [2.05, 4.69) is 5.32 Å². The fourth-order valence-corrected chi connectivity index (χ4v) is 3.22. The summed E-state index contributed by atoms with van der Waals surface area (Å²) < 4.78 is 7.24. The Bertz CT molecular complexity index is 967. The third-order valence-corrected chi connectivity index (χ3v) is 4.51. The number of esters is 1. The SMILES string of the molecule is CCn1c(C)cc(C(=O)OCC(=O)Nc2cccc3ccccc23)c1C. The Morgan fingerprint density at radius 1 is 1.08 bits per heavy atom. The quantitative estimate of drug-likeness (QED) is 0.706. The molecule has 0 aliphatic rings. The van der Waals surface area contributed by atoms with Crippen molar-refractivity contribution in [2.45, 2.75) is 27.3 Å². The van der Waals surface area contributed by atoms with Crippen molar-refractivity contribution in [3.63, 3.8) is 0 Å². The number of carbonyl (C=O) groups is 2. The average Bonchev–Trinajstić information content (AvgIpc) is 2.93. The predicted molar refractivity (Wildman–Crippen MR) is 102 cm³/mol. The zero-order valence-corrected chi connectivity index (χ0v) is 15.2. The van der Waals surface area contributed by atoms with Gasteiger partial charge in [-0.05, 0) is 38.3 Å². The van der Waals surface area contributed by atoms with E-state index in [9.17, 15) is 9.59 Å². The van der Waals surface area contributed by atoms with Crippen molar-refractivity contribution in [1.82, 2.24) is 4.57 Å². The normalized spacial score (nSPS) is 10.7. The van der Waals surface area contributed by atoms with Crippen LogP contribution in [-0.2, 0) is 16.1 Å². The second kappa shape index (κ2) is 7.44. The van der Waals surface area contributed by atoms with Gasteiger partial charge in [-0.3, -0.25) is 4.79 Å². The van der Waals surface area contributed by atoms with Crippen LogP contribution in [0.1, 0.15) is 28.7 Å². The molecule has 26 heavy (non-hydrogen) atoms. The summed E-state index contributed by atoms with van der Waals surface area (Å²) >= 11 is 0. The highest BCUT2D eigenvalue weighted by Crippen LogP contribution is 2.23. The average molecular weight is 350 g/mol. The summed E-state index contributed by atoms with van der Waals surface area (Å²) in [6, 6.07) is 15.3. The van der Waals surface area contributed by atoms with Gasteiger partial charge in [0, 0.05) is 29.0 Å². The molecule has 1 N–H and O–H groups in total. The first-order chi connectivity index (χ1) is 12.5. The van der Waals surface area contributed by atoms with E-state index in [1.807, 2.05) is 67.8 Å². The monoisotopic (exact) mass is 350 g/mol. The number of fused-ring (bicyclic) bond motifs is 1. The van der Waals surface area contributed by atoms with Gasteiger partial charge in [0.15, 0.2) is 6.61 Å². The largest absolute Gasteiger partial charge is 0.452 e. The summed E-state index contributed by atoms with van der Waals surface area (Å²) in [5, 5.41) is 4.79. The van der Waals surface area contributed by atoms with Crippen molar-refractivity contribution in [3.05, 3.63) is 65.5 Å². The molecule has 5 heteroatoms. The Labute approximate surface area is 152 Å². The highest BCUT2D eigenvalue weighted by Gasteiger charge is 2.17. The number of amides is 1. The van der Waals surface area contributed by atoms with Crippen LogP contribution in [0.2, 0.25) is 0 Å². The summed E-state index contributed by atoms with van der Waals surface area (Å²) in [6.07, 6.45) is 0. The molecular weight excluding hydrogens is 328 g/mol. The summed E-state index contributed by atoms with van der Waals surface area (Å²) in [4.78, 5) is 24.5. The van der Waals surface area contributed by atoms with Crippen molar-refractivity contribution in [3.8, 4) is 0 Å². The lowest BCUT2D eigenvalue weighted by Crippen LogP contribution is -2.21. The Hall–Kier alpha value is -3.08. The first-order valence-corrected chi connectivity index (χ1v) is 8.62. The highest BCUT2D eigenvalue weighted by atomic mass is 16.5. The predicted octanol–water partition coefficient (Wildman–Crippen LogP) is 4.07. The number of aromatic nitrogens is 1. The second-order valence-electron chi connectivity index (χ2n) is 6.18. The van der Waals surface area contributed by atoms with Crippen LogP contribution in [0.5, 0.6) is 0 Å². The van der Waals surface area contributed by atoms with Gasteiger partial charge in [-0.25, -0.2) is 4.79 Å². The van der Waals surface area contributed by atoms with E-state index in [0.717, 1.165) is 28.7 Å². The van der Waals surface area contributed by atoms with E-state index >= 15 is 0 Å². The Balaban J connectivity index is 1.66. The number of carbonyl (C=O) groups excluding carboxylic acids is 2. The van der Waals surface area contributed by atoms with Gasteiger partial charge in [0.2, 0.25) is 0 Å². The van der Waals surface area contributed by atoms with Gasteiger partial charge < -0.3 is 14.6 Å². The number of nitrogens with zero attached hydrogens (tertiary/aromatic N) is 1. The molecule has 134 valence electrons. The minimum Gasteiger partial charge on any atom is -0.452 e. The number of ether oxygens (including phenoxy) is 1. The molecule has 1 aromatic heterocycles. The fraction of sp³-hybridized carbons (Fsp3) is 0.238. The lowest BCUT2D eigenvalue weighted by molar-refractivity contribution is -0.119. The molecule has 0 spiro atoms. The van der Waals surface area contributed by atoms with Crippen molar-refractivity contribution >= 4 is 28.3 Å². The summed E-state index contributed by atoms with van der Waals surface area (Å²) in [7, 11) is 0. The second-order valence-corrected chi connectivity index (χ2v) is 6.18. The van der Waals surface area contributed by atoms with E-state index in [-0.39, 0.29) is 12.5 Å². The van der Waals surface area contributed by atoms with E-state index in [4.69, 9.17) is 4.74 Å². The van der Waals surface area contributed by atoms with Gasteiger partial charge in [-0.15, -0.1) is 0 Å². The van der Waals surface area contributed by atoms with Gasteiger partial charge in [-0.2, -0.15) is 0 Å². The number of anilines is 1. The van der Waals surface area contributed by atoms with E-state index in [1.165, 1.54) is 0 Å². The van der Waals surface area contributed by atoms with Crippen molar-refractivity contribution < 1.29 is 14.3 Å². The number of aryl methyl sites for hydroxylation is 1. The van der Waals surface area contributed by atoms with Crippen LogP contribution >= 0.6 is 0 Å². The fourth-order valence-electron chi connectivity index (χ4n) is 3.22. The summed E-state index contributed by atoms with van der Waals surface area (Å²) in [6.45, 7) is 6.31. The zero-order chi connectivity index (χ0) is 18.7. The Morgan fingerprint density at radius 2 is 1.81 bits per heavy atom. The maximum atomic E-state index is 12.3. The molecule has 0 unspecified atom stereocenters. The minimum absolute atomic E-state index is 0.322. The molecule has 2 aromatic carbocycles. The lowest BCUT2D eigenvalue weighted by atomic mass is 10.1. The molecule has 1 amide bonds. The first-order valence-electron chi connectivity index (χ1n) is 8.62. The molecule has 0 aliphatic heterocycles. The van der Waals surface area contributed by atoms with Gasteiger partial charge in [-0.1, -0.05) is 36.4 Å². The Morgan fingerprint density at radius 3 is 2.54 bits per heavy atom. The van der Waals surface area contributed by atoms with Crippen LogP contribution in [0.15, 0.2) is 48.5 Å². The zero-order valence-electron chi connectivity index (χ0n) is 15.2. The highest BCUT2D eigenvalue weighted by molar-refractivity contribution is 6.03. The Kier molecular flexibility index (Phi) is 5.07. The third-order valence-electron chi connectivity index (χ3n) is 4.51. The molecule has 3 rings (SSSR count). The van der Waals surface area contributed by atoms with Gasteiger partial charge in [0.25, 0.3) is 5.91 Å². The van der Waals surface area contributed by atoms with E-state index in [0.29, 0.717) is 11.3 Å². The van der Waals surface area contributed by atoms with Crippen molar-refractivity contribution in [2.75, 3.05) is 11.9 Å². The first kappa shape index (κ1) is 17.7. The van der Waals surface area contributed by atoms with Crippen LogP contribution in [-0.4, -0.2) is 23.1 Å². The van der Waals surface area contributed by atoms with Crippen LogP contribution in [0, 0.1) is 13.8 Å². The number of nitrogens with one attached hydrogen (secondary N) is 1. The smallest absolute Gasteiger partial charge is 0.340 e. The van der Waals surface area contributed by atoms with Gasteiger partial charge in [0.1, 0.15) is 0 Å². The molecule has 0 saturated heterocycles. The number of hydrogen-bond acceptors (Lipinski definition) is 3. The van der Waals surface area contributed by atoms with Crippen LogP contribution in [0.4, 0.5) is 5.69 Å². The molecule has 0 aliphatic carbocycles. The molecule has 0 fully saturated rings. The maximum absolute atomic E-state index is 12.3. The number of hydrogen-bond donors (Lipinski definition) is 1. The number of rotatable bonds is 5. The molecule has 0 bridgehead atoms. The van der Waals surface area contributed by atoms with E-state index in [1.54, 1.807) is 6.07 Å². The molecule has 5 nitrogen and oxygen atoms in total. The minimum atomic E-state index is -0.481. The maximum Gasteiger partial charge on any atom is 0.340 e. The van der Waals surface area contributed by atoms with Gasteiger partial charge in [0.05, 0.1) is 5.56 Å². The standard InChI is InChI=1S/C21H22N2O3/c1-4-23-14(2)12-18(15(23)3)21(25)26-13-20(24)22-19-11-7-9-16-8-5-6-10-17(16)19/h5-12H,4,13H2,1-3H3,(H,22,24). The molecule has 1 heterocycles. The number of benzene rings is 2. The van der Waals surface area contributed by atoms with Crippen LogP contribution in [0.25, 0.3) is 10.8 Å². The van der Waals surface area contributed by atoms with Crippen molar-refractivity contribution in [1.29, 1.82) is 0 Å². The van der Waals surface area contributed by atoms with Crippen LogP contribution < -0.4 is 5.32 Å². The van der Waals surface area contributed by atoms with Crippen molar-refractivity contribution in [2.24, 2.45) is 0 Å². The molecular formula is C21H22N2O3. The van der Waals surface area contributed by atoms with Crippen LogP contribution in [0.3, 0.4) is 0 Å². The van der Waals surface area contributed by atoms with E-state index < -0.39 is 5.97 Å². The summed E-state index contributed by atoms with van der Waals surface area (Å²) in [5.41, 5.74) is 3.05. The molecule has 0 radical (unpaired) electrons. The lowest BCUT2D eigenvalue weighted by Gasteiger charge is -2.09. The molecule has 0 saturated carbocycles. The molecule has 0 atom stereocenters. The topological polar surface area (TPSA) is 60.3 Å². The summed E-state index contributed by atoms with van der Waals surface area (Å²) in [5.74, 6) is -0.843. The molecule has 3 aromatic rings. The third kappa shape index (κ3) is 3.47.